The van der Waals surface area contributed by atoms with Crippen LogP contribution in [0.15, 0.2) is 182 Å². The Balaban J connectivity index is 0.000000238. The van der Waals surface area contributed by atoms with Gasteiger partial charge in [0, 0.05) is 85.9 Å². The van der Waals surface area contributed by atoms with E-state index >= 15 is 0 Å². The number of benzene rings is 6. The fraction of sp³-hybridized carbons (Fsp3) is 0.246. The van der Waals surface area contributed by atoms with Gasteiger partial charge in [0.15, 0.2) is 13.2 Å². The van der Waals surface area contributed by atoms with Crippen LogP contribution in [0.25, 0.3) is 66.4 Å². The summed E-state index contributed by atoms with van der Waals surface area (Å²) in [6, 6.07) is 54.6. The smallest absolute Gasteiger partial charge is 0.512 e. The molecule has 86 heavy (non-hydrogen) atoms. The molecule has 13 nitrogen and oxygen atoms in total. The monoisotopic (exact) mass is 1520 g/mol. The van der Waals surface area contributed by atoms with Gasteiger partial charge in [-0.1, -0.05) is 147 Å². The maximum Gasteiger partial charge on any atom is 0.513 e. The van der Waals surface area contributed by atoms with E-state index in [1.165, 1.54) is 41.5 Å². The van der Waals surface area contributed by atoms with Crippen molar-refractivity contribution in [3.63, 3.8) is 0 Å². The number of rotatable bonds is 18. The summed E-state index contributed by atoms with van der Waals surface area (Å²) in [6.45, 7) is 10.7. The molecule has 10 rings (SSSR count). The molecule has 4 N–H and O–H groups in total. The fourth-order valence-electron chi connectivity index (χ4n) is 10.4. The summed E-state index contributed by atoms with van der Waals surface area (Å²) < 4.78 is 49.0. The summed E-state index contributed by atoms with van der Waals surface area (Å²) >= 11 is 0. The number of ether oxygens (including phenoxy) is 4. The van der Waals surface area contributed by atoms with E-state index < -0.39 is 47.3 Å². The predicted molar refractivity (Wildman–Crippen MR) is 323 cm³/mol. The molecule has 3 heterocycles. The SMILES string of the molecule is CC1(C)c2ccccc2-c2c[c-]c(-c3ccc4ccccc4n3)cc21.CCC(CC(CC(C)n1c2ccccc2c2ccccc21)C(=O)OCCOC(=[OH+])/C=C(/C)O)C(=O)OCCOC(=[OH+])/C=C(/C)O.Fc1c[c-]c(-c2ccccn2)c(F)c1.[Ir].[Ir]. The summed E-state index contributed by atoms with van der Waals surface area (Å²) in [5.74, 6) is -4.89. The number of aliphatic hydroxyl groups is 2. The maximum atomic E-state index is 13.5. The number of allylic oxidation sites excluding steroid dienone is 2. The van der Waals surface area contributed by atoms with Crippen LogP contribution < -0.4 is 0 Å². The number of nitrogens with zero attached hydrogens (tertiary/aromatic N) is 3. The molecule has 0 saturated carbocycles. The summed E-state index contributed by atoms with van der Waals surface area (Å²) in [6.07, 6.45) is 4.56. The third-order valence-electron chi connectivity index (χ3n) is 14.4. The van der Waals surface area contributed by atoms with Gasteiger partial charge < -0.3 is 48.3 Å². The molecule has 0 amide bonds. The Hall–Kier alpha value is -8.20. The van der Waals surface area contributed by atoms with Gasteiger partial charge in [-0.15, -0.1) is 41.5 Å². The Kier molecular flexibility index (Phi) is 24.3. The number of fused-ring (bicyclic) bond motifs is 7. The average molecular weight is 1520 g/mol. The van der Waals surface area contributed by atoms with Crippen LogP contribution in [-0.4, -0.2) is 84.6 Å². The van der Waals surface area contributed by atoms with Crippen molar-refractivity contribution in [3.05, 3.63) is 216 Å². The van der Waals surface area contributed by atoms with Gasteiger partial charge in [0.1, 0.15) is 23.7 Å². The van der Waals surface area contributed by atoms with Crippen molar-refractivity contribution in [2.24, 2.45) is 11.8 Å². The number of aliphatic hydroxyl groups excluding tert-OH is 2. The molecule has 1 aliphatic carbocycles. The summed E-state index contributed by atoms with van der Waals surface area (Å²) in [5.41, 5.74) is 11.1. The molecule has 2 radical (unpaired) electrons. The van der Waals surface area contributed by atoms with E-state index in [0.29, 0.717) is 18.5 Å². The number of halogens is 2. The van der Waals surface area contributed by atoms with Gasteiger partial charge in [0.05, 0.1) is 17.4 Å². The first-order valence-corrected chi connectivity index (χ1v) is 27.7. The third-order valence-corrected chi connectivity index (χ3v) is 14.4. The fourth-order valence-corrected chi connectivity index (χ4v) is 10.4. The van der Waals surface area contributed by atoms with Gasteiger partial charge in [-0.25, -0.2) is 0 Å². The van der Waals surface area contributed by atoms with Crippen LogP contribution in [-0.2, 0) is 74.2 Å². The van der Waals surface area contributed by atoms with Gasteiger partial charge >= 0.3 is 23.9 Å². The molecule has 6 aromatic carbocycles. The molecular weight excluding hydrogens is 1450 g/mol. The molecule has 17 heteroatoms. The summed E-state index contributed by atoms with van der Waals surface area (Å²) in [4.78, 5) is 54.5. The molecule has 0 fully saturated rings. The molecule has 3 unspecified atom stereocenters. The second-order valence-corrected chi connectivity index (χ2v) is 20.8. The van der Waals surface area contributed by atoms with Crippen LogP contribution in [0.1, 0.15) is 78.0 Å². The number of esters is 4. The first-order valence-electron chi connectivity index (χ1n) is 27.7. The van der Waals surface area contributed by atoms with E-state index in [1.54, 1.807) is 24.4 Å². The first-order chi connectivity index (χ1) is 40.4. The van der Waals surface area contributed by atoms with Crippen molar-refractivity contribution in [3.8, 4) is 33.6 Å². The Morgan fingerprint density at radius 1 is 0.651 bits per heavy atom. The second kappa shape index (κ2) is 31.3. The van der Waals surface area contributed by atoms with E-state index in [4.69, 9.17) is 23.9 Å². The van der Waals surface area contributed by atoms with Crippen LogP contribution in [0, 0.1) is 35.6 Å². The van der Waals surface area contributed by atoms with E-state index in [0.717, 1.165) is 62.9 Å². The molecule has 0 aliphatic heterocycles. The Labute approximate surface area is 525 Å². The van der Waals surface area contributed by atoms with Crippen molar-refractivity contribution in [1.82, 2.24) is 14.5 Å². The van der Waals surface area contributed by atoms with Crippen molar-refractivity contribution in [1.29, 1.82) is 0 Å². The average Bonchev–Trinajstić information content (AvgIpc) is 1.87. The number of carbonyl (C=O) groups is 2. The molecule has 9 aromatic rings. The quantitative estimate of drug-likeness (QED) is 0.0159. The number of hydrogen-bond donors (Lipinski definition) is 2. The first kappa shape index (κ1) is 66.9. The molecule has 450 valence electrons. The zero-order valence-corrected chi connectivity index (χ0v) is 53.1. The minimum absolute atomic E-state index is 0. The Morgan fingerprint density at radius 2 is 1.22 bits per heavy atom. The Morgan fingerprint density at radius 3 is 1.83 bits per heavy atom. The van der Waals surface area contributed by atoms with Crippen molar-refractivity contribution >= 4 is 56.6 Å². The standard InChI is InChI=1S/C34H41NO10.C24H18N.C11H6F2N.2Ir/c1-5-25(33(40)44-16-14-42-31(38)19-23(3)36)21-26(34(41)45-17-15-43-32(39)20-24(4)37)18-22(2)35-29-12-8-6-10-27(29)28-11-7-9-13-30(28)35;1-24(2)20-9-5-4-8-18(20)19-13-11-17(15-21(19)24)23-14-12-16-7-3-6-10-22(16)25-23;12-8-4-5-9(10(13)7-8)11-3-1-2-6-14-11;;/h6-13,19-20,22,25-26,36-37H,5,14-18,21H2,1-4H3;3-10,12-15H,1-2H3;1-4,6-7H;;/q;2*-1;;/p+2/b23-19-,24-20-;;;;. The summed E-state index contributed by atoms with van der Waals surface area (Å²) in [5, 5.41) is 21.8. The maximum absolute atomic E-state index is 13.5. The molecule has 0 spiro atoms. The van der Waals surface area contributed by atoms with E-state index in [2.05, 4.69) is 108 Å². The predicted octanol–water partition coefficient (Wildman–Crippen LogP) is 14.7. The zero-order chi connectivity index (χ0) is 59.9. The van der Waals surface area contributed by atoms with Gasteiger partial charge in [0.25, 0.3) is 0 Å². The van der Waals surface area contributed by atoms with Crippen LogP contribution in [0.4, 0.5) is 8.78 Å². The van der Waals surface area contributed by atoms with E-state index in [9.17, 15) is 38.2 Å². The minimum atomic E-state index is -0.680. The van der Waals surface area contributed by atoms with Crippen LogP contribution >= 0.6 is 0 Å². The number of para-hydroxylation sites is 3. The molecule has 0 saturated heterocycles. The van der Waals surface area contributed by atoms with E-state index in [-0.39, 0.29) is 102 Å². The van der Waals surface area contributed by atoms with Crippen molar-refractivity contribution in [2.75, 3.05) is 26.4 Å². The minimum Gasteiger partial charge on any atom is -0.512 e. The third kappa shape index (κ3) is 16.8. The van der Waals surface area contributed by atoms with Gasteiger partial charge in [-0.3, -0.25) is 23.4 Å². The number of hydrogen-bond acceptors (Lipinski definition) is 10. The van der Waals surface area contributed by atoms with Crippen LogP contribution in [0.2, 0.25) is 0 Å². The zero-order valence-electron chi connectivity index (χ0n) is 48.4. The van der Waals surface area contributed by atoms with Gasteiger partial charge in [-0.05, 0) is 92.1 Å². The molecule has 1 aliphatic rings. The largest absolute Gasteiger partial charge is 0.513 e. The van der Waals surface area contributed by atoms with Crippen molar-refractivity contribution in [2.45, 2.75) is 72.3 Å². The van der Waals surface area contributed by atoms with Crippen LogP contribution in [0.3, 0.4) is 0 Å². The van der Waals surface area contributed by atoms with E-state index in [1.807, 2.05) is 62.4 Å². The molecule has 0 bridgehead atoms. The summed E-state index contributed by atoms with van der Waals surface area (Å²) in [7, 11) is 0. The van der Waals surface area contributed by atoms with Crippen LogP contribution in [0.5, 0.6) is 0 Å². The van der Waals surface area contributed by atoms with Crippen molar-refractivity contribution < 1.29 is 97.3 Å². The topological polar surface area (TPSA) is 185 Å². The number of aromatic nitrogens is 3. The number of carbonyl (C=O) groups excluding carboxylic acids is 4. The Bertz CT molecular complexity index is 3830. The van der Waals surface area contributed by atoms with Gasteiger partial charge in [0.2, 0.25) is 13.2 Å². The normalized spacial score (nSPS) is 13.2. The molecule has 3 aromatic heterocycles. The second-order valence-electron chi connectivity index (χ2n) is 20.8. The number of pyridine rings is 2. The molecule has 3 atom stereocenters. The molecular formula is C69H67F2Ir2N3O10. The van der Waals surface area contributed by atoms with Gasteiger partial charge in [-0.2, -0.15) is 0 Å².